The van der Waals surface area contributed by atoms with Crippen LogP contribution in [0, 0.1) is 5.92 Å². The Labute approximate surface area is 115 Å². The molecule has 4 nitrogen and oxygen atoms in total. The highest BCUT2D eigenvalue weighted by molar-refractivity contribution is 9.10. The lowest BCUT2D eigenvalue weighted by Crippen LogP contribution is -2.37. The SMILES string of the molecule is CC(C)CC(NCc1ccc(O)c(Br)c1)C(=O)O. The molecule has 0 amide bonds. The summed E-state index contributed by atoms with van der Waals surface area (Å²) in [5.41, 5.74) is 0.926. The van der Waals surface area contributed by atoms with Gasteiger partial charge in [0.15, 0.2) is 0 Å². The predicted molar refractivity (Wildman–Crippen MR) is 73.5 cm³/mol. The van der Waals surface area contributed by atoms with Crippen LogP contribution in [-0.4, -0.2) is 22.2 Å². The highest BCUT2D eigenvalue weighted by Crippen LogP contribution is 2.24. The van der Waals surface area contributed by atoms with E-state index in [1.165, 1.54) is 0 Å². The van der Waals surface area contributed by atoms with E-state index in [0.29, 0.717) is 23.4 Å². The number of hydrogen-bond acceptors (Lipinski definition) is 3. The molecule has 0 aromatic heterocycles. The van der Waals surface area contributed by atoms with Gasteiger partial charge in [-0.3, -0.25) is 4.79 Å². The maximum absolute atomic E-state index is 11.1. The summed E-state index contributed by atoms with van der Waals surface area (Å²) < 4.78 is 0.609. The first-order chi connectivity index (χ1) is 8.40. The van der Waals surface area contributed by atoms with Gasteiger partial charge in [-0.05, 0) is 46.0 Å². The average molecular weight is 316 g/mol. The van der Waals surface area contributed by atoms with E-state index in [0.717, 1.165) is 5.56 Å². The van der Waals surface area contributed by atoms with Gasteiger partial charge in [0, 0.05) is 6.54 Å². The first-order valence-corrected chi connectivity index (χ1v) is 6.63. The third-order valence-electron chi connectivity index (χ3n) is 2.57. The van der Waals surface area contributed by atoms with E-state index in [1.807, 2.05) is 13.8 Å². The maximum Gasteiger partial charge on any atom is 0.320 e. The predicted octanol–water partition coefficient (Wildman–Crippen LogP) is 2.74. The zero-order valence-corrected chi connectivity index (χ0v) is 12.1. The molecule has 1 rings (SSSR count). The minimum absolute atomic E-state index is 0.177. The van der Waals surface area contributed by atoms with Crippen LogP contribution in [0.15, 0.2) is 22.7 Å². The highest BCUT2D eigenvalue weighted by atomic mass is 79.9. The van der Waals surface area contributed by atoms with E-state index in [4.69, 9.17) is 5.11 Å². The minimum atomic E-state index is -0.832. The van der Waals surface area contributed by atoms with Crippen molar-refractivity contribution >= 4 is 21.9 Å². The van der Waals surface area contributed by atoms with Gasteiger partial charge >= 0.3 is 5.97 Å². The Morgan fingerprint density at radius 3 is 2.61 bits per heavy atom. The van der Waals surface area contributed by atoms with Crippen molar-refractivity contribution in [2.45, 2.75) is 32.9 Å². The van der Waals surface area contributed by atoms with E-state index in [-0.39, 0.29) is 5.75 Å². The molecule has 0 bridgehead atoms. The van der Waals surface area contributed by atoms with Gasteiger partial charge in [-0.15, -0.1) is 0 Å². The molecular formula is C13H18BrNO3. The van der Waals surface area contributed by atoms with Crippen molar-refractivity contribution in [2.75, 3.05) is 0 Å². The second-order valence-corrected chi connectivity index (χ2v) is 5.54. The molecule has 100 valence electrons. The van der Waals surface area contributed by atoms with Crippen molar-refractivity contribution in [1.29, 1.82) is 0 Å². The fourth-order valence-corrected chi connectivity index (χ4v) is 2.07. The molecule has 0 heterocycles. The summed E-state index contributed by atoms with van der Waals surface area (Å²) in [6.45, 7) is 4.45. The Kier molecular flexibility index (Phi) is 5.62. The second-order valence-electron chi connectivity index (χ2n) is 4.69. The number of aromatic hydroxyl groups is 1. The van der Waals surface area contributed by atoms with Crippen LogP contribution >= 0.6 is 15.9 Å². The van der Waals surface area contributed by atoms with E-state index in [9.17, 15) is 9.90 Å². The fraction of sp³-hybridized carbons (Fsp3) is 0.462. The molecule has 0 aliphatic carbocycles. The third kappa shape index (κ3) is 4.66. The van der Waals surface area contributed by atoms with Gasteiger partial charge < -0.3 is 15.5 Å². The van der Waals surface area contributed by atoms with E-state index in [1.54, 1.807) is 18.2 Å². The first-order valence-electron chi connectivity index (χ1n) is 5.83. The number of rotatable bonds is 6. The molecule has 1 aromatic carbocycles. The van der Waals surface area contributed by atoms with Gasteiger partial charge in [-0.2, -0.15) is 0 Å². The number of phenols is 1. The van der Waals surface area contributed by atoms with Crippen molar-refractivity contribution in [3.63, 3.8) is 0 Å². The molecule has 0 aliphatic rings. The molecular weight excluding hydrogens is 298 g/mol. The number of carboxylic acids is 1. The summed E-state index contributed by atoms with van der Waals surface area (Å²) >= 11 is 3.23. The van der Waals surface area contributed by atoms with E-state index < -0.39 is 12.0 Å². The molecule has 0 saturated carbocycles. The van der Waals surface area contributed by atoms with Crippen LogP contribution in [0.4, 0.5) is 0 Å². The monoisotopic (exact) mass is 315 g/mol. The fourth-order valence-electron chi connectivity index (χ4n) is 1.64. The number of benzene rings is 1. The van der Waals surface area contributed by atoms with Crippen LogP contribution in [0.5, 0.6) is 5.75 Å². The summed E-state index contributed by atoms with van der Waals surface area (Å²) in [4.78, 5) is 11.1. The molecule has 0 fully saturated rings. The number of carboxylic acid groups (broad SMARTS) is 1. The van der Waals surface area contributed by atoms with Crippen molar-refractivity contribution < 1.29 is 15.0 Å². The lowest BCUT2D eigenvalue weighted by atomic mass is 10.0. The van der Waals surface area contributed by atoms with Crippen molar-refractivity contribution in [2.24, 2.45) is 5.92 Å². The van der Waals surface area contributed by atoms with E-state index in [2.05, 4.69) is 21.2 Å². The number of hydrogen-bond donors (Lipinski definition) is 3. The van der Waals surface area contributed by atoms with Crippen LogP contribution in [0.1, 0.15) is 25.8 Å². The number of carbonyl (C=O) groups is 1. The number of nitrogens with one attached hydrogen (secondary N) is 1. The molecule has 1 aromatic rings. The lowest BCUT2D eigenvalue weighted by Gasteiger charge is -2.16. The Bertz CT molecular complexity index is 421. The largest absolute Gasteiger partial charge is 0.507 e. The van der Waals surface area contributed by atoms with Crippen molar-refractivity contribution in [3.05, 3.63) is 28.2 Å². The van der Waals surface area contributed by atoms with Crippen LogP contribution in [0.2, 0.25) is 0 Å². The van der Waals surface area contributed by atoms with Gasteiger partial charge in [0.1, 0.15) is 11.8 Å². The van der Waals surface area contributed by atoms with Crippen molar-refractivity contribution in [3.8, 4) is 5.75 Å². The first kappa shape index (κ1) is 15.0. The number of halogens is 1. The summed E-state index contributed by atoms with van der Waals surface area (Å²) in [6, 6.07) is 4.58. The normalized spacial score (nSPS) is 12.7. The molecule has 3 N–H and O–H groups in total. The molecule has 0 aliphatic heterocycles. The smallest absolute Gasteiger partial charge is 0.320 e. The standard InChI is InChI=1S/C13H18BrNO3/c1-8(2)5-11(13(17)18)15-7-9-3-4-12(16)10(14)6-9/h3-4,6,8,11,15-16H,5,7H2,1-2H3,(H,17,18). The molecule has 1 atom stereocenters. The molecule has 0 saturated heterocycles. The summed E-state index contributed by atoms with van der Waals surface area (Å²) in [5.74, 6) is -0.331. The molecule has 5 heteroatoms. The van der Waals surface area contributed by atoms with Gasteiger partial charge in [0.05, 0.1) is 4.47 Å². The topological polar surface area (TPSA) is 69.6 Å². The molecule has 18 heavy (non-hydrogen) atoms. The average Bonchev–Trinajstić information content (AvgIpc) is 2.28. The van der Waals surface area contributed by atoms with Gasteiger partial charge in [0.2, 0.25) is 0 Å². The summed E-state index contributed by atoms with van der Waals surface area (Å²) in [7, 11) is 0. The minimum Gasteiger partial charge on any atom is -0.507 e. The lowest BCUT2D eigenvalue weighted by molar-refractivity contribution is -0.140. The highest BCUT2D eigenvalue weighted by Gasteiger charge is 2.17. The van der Waals surface area contributed by atoms with Crippen LogP contribution in [0.3, 0.4) is 0 Å². The molecule has 1 unspecified atom stereocenters. The maximum atomic E-state index is 11.1. The van der Waals surface area contributed by atoms with Gasteiger partial charge in [0.25, 0.3) is 0 Å². The van der Waals surface area contributed by atoms with Crippen molar-refractivity contribution in [1.82, 2.24) is 5.32 Å². The number of phenolic OH excluding ortho intramolecular Hbond substituents is 1. The van der Waals surface area contributed by atoms with Crippen LogP contribution in [-0.2, 0) is 11.3 Å². The van der Waals surface area contributed by atoms with Gasteiger partial charge in [-0.1, -0.05) is 19.9 Å². The Morgan fingerprint density at radius 2 is 2.11 bits per heavy atom. The third-order valence-corrected chi connectivity index (χ3v) is 3.21. The zero-order valence-electron chi connectivity index (χ0n) is 10.5. The van der Waals surface area contributed by atoms with Crippen LogP contribution in [0.25, 0.3) is 0 Å². The van der Waals surface area contributed by atoms with Gasteiger partial charge in [-0.25, -0.2) is 0 Å². The second kappa shape index (κ2) is 6.75. The Morgan fingerprint density at radius 1 is 1.44 bits per heavy atom. The summed E-state index contributed by atoms with van der Waals surface area (Å²) in [6.07, 6.45) is 0.592. The zero-order chi connectivity index (χ0) is 13.7. The summed E-state index contributed by atoms with van der Waals surface area (Å²) in [5, 5.41) is 21.5. The Hall–Kier alpha value is -1.07. The van der Waals surface area contributed by atoms with Crippen LogP contribution < -0.4 is 5.32 Å². The molecule has 0 spiro atoms. The number of aliphatic carboxylic acids is 1. The Balaban J connectivity index is 2.61. The quantitative estimate of drug-likeness (QED) is 0.755. The molecule has 0 radical (unpaired) electrons. The van der Waals surface area contributed by atoms with E-state index >= 15 is 0 Å².